The summed E-state index contributed by atoms with van der Waals surface area (Å²) in [7, 11) is 0. The molecule has 1 saturated heterocycles. The molecule has 0 aromatic heterocycles. The van der Waals surface area contributed by atoms with Crippen molar-refractivity contribution < 1.29 is 32.8 Å². The van der Waals surface area contributed by atoms with E-state index in [-0.39, 0.29) is 24.9 Å². The maximum atomic E-state index is 16.0. The maximum Gasteiger partial charge on any atom is 0.316 e. The molecule has 49 heavy (non-hydrogen) atoms. The predicted molar refractivity (Wildman–Crippen MR) is 189 cm³/mol. The van der Waals surface area contributed by atoms with Crippen LogP contribution in [0.25, 0.3) is 0 Å². The van der Waals surface area contributed by atoms with Crippen LogP contribution in [0.1, 0.15) is 126 Å². The Morgan fingerprint density at radius 2 is 1.45 bits per heavy atom. The fraction of sp³-hybridized carbons (Fsp3) is 0.703. The smallest absolute Gasteiger partial charge is 0.316 e. The van der Waals surface area contributed by atoms with E-state index in [0.717, 1.165) is 12.3 Å². The van der Waals surface area contributed by atoms with E-state index >= 15 is 8.78 Å². The molecule has 0 bridgehead atoms. The van der Waals surface area contributed by atoms with E-state index in [9.17, 15) is 24.0 Å². The monoisotopic (exact) mass is 693 g/mol. The number of nitrogens with one attached hydrogen (secondary N) is 3. The van der Waals surface area contributed by atoms with Gasteiger partial charge in [-0.2, -0.15) is 8.78 Å². The summed E-state index contributed by atoms with van der Waals surface area (Å²) in [5, 5.41) is 7.64. The highest BCUT2D eigenvalue weighted by atomic mass is 19.3. The molecular weight excluding hydrogens is 632 g/mol. The minimum atomic E-state index is -3.36. The van der Waals surface area contributed by atoms with Gasteiger partial charge in [-0.05, 0) is 43.9 Å². The van der Waals surface area contributed by atoms with E-state index < -0.39 is 64.5 Å². The highest BCUT2D eigenvalue weighted by molar-refractivity contribution is 6.37. The summed E-state index contributed by atoms with van der Waals surface area (Å²) in [5.74, 6) is -5.80. The highest BCUT2D eigenvalue weighted by Crippen LogP contribution is 2.47. The molecule has 1 aliphatic carbocycles. The van der Waals surface area contributed by atoms with E-state index in [0.29, 0.717) is 25.7 Å². The van der Waals surface area contributed by atoms with Crippen molar-refractivity contribution in [2.45, 2.75) is 150 Å². The standard InChI is InChI=1S/C29H41F2N5O5.C5H12.C3H8/c1-18(21(37)23(32)38)33-24(39)20-14-11-17-36(20)25(40)22(27(2,3)4)34-26(41)35-28(15-9-6-10-16-28)29(30,31)19-12-7-5-8-13-19;1-4-5(2)3;1-3-2/h5,7-8,12-13,18,20,22H,6,9-11,14-17H2,1-4H3,(H2,32,38)(H,33,39)(H2,34,35,41);5H,4H2,1-3H3;3H2,1-2H3. The molecule has 1 aromatic rings. The van der Waals surface area contributed by atoms with Crippen LogP contribution in [-0.4, -0.2) is 64.6 Å². The summed E-state index contributed by atoms with van der Waals surface area (Å²) in [6.45, 7) is 17.6. The second-order valence-electron chi connectivity index (χ2n) is 14.6. The number of rotatable bonds is 10. The SMILES string of the molecule is CC(NC(=O)C1CCCN1C(=O)C(NC(=O)NC1(C(F)(F)c2ccccc2)CCCCC1)C(C)(C)C)C(=O)C(N)=O.CCC.CCC(C)C. The molecule has 12 heteroatoms. The summed E-state index contributed by atoms with van der Waals surface area (Å²) in [5.41, 5.74) is 2.15. The molecule has 2 fully saturated rings. The number of likely N-dealkylation sites (tertiary alicyclic amines) is 1. The zero-order valence-corrected chi connectivity index (χ0v) is 31.1. The number of urea groups is 1. The molecular formula is C37H61F2N5O5. The largest absolute Gasteiger partial charge is 0.363 e. The van der Waals surface area contributed by atoms with Crippen LogP contribution in [0.2, 0.25) is 0 Å². The second-order valence-corrected chi connectivity index (χ2v) is 14.6. The molecule has 2 aliphatic rings. The Kier molecular flexibility index (Phi) is 17.4. The van der Waals surface area contributed by atoms with Gasteiger partial charge in [0.05, 0.1) is 6.04 Å². The second kappa shape index (κ2) is 19.6. The van der Waals surface area contributed by atoms with Crippen molar-refractivity contribution in [3.05, 3.63) is 35.9 Å². The van der Waals surface area contributed by atoms with Crippen LogP contribution in [0.4, 0.5) is 13.6 Å². The van der Waals surface area contributed by atoms with E-state index in [1.165, 1.54) is 48.9 Å². The molecule has 1 aliphatic heterocycles. The van der Waals surface area contributed by atoms with Crippen LogP contribution in [0.3, 0.4) is 0 Å². The molecule has 0 radical (unpaired) electrons. The van der Waals surface area contributed by atoms with Crippen molar-refractivity contribution in [3.8, 4) is 0 Å². The van der Waals surface area contributed by atoms with E-state index in [1.54, 1.807) is 26.8 Å². The van der Waals surface area contributed by atoms with Gasteiger partial charge in [-0.25, -0.2) is 4.79 Å². The average molecular weight is 694 g/mol. The number of nitrogens with zero attached hydrogens (tertiary/aromatic N) is 1. The topological polar surface area (TPSA) is 151 Å². The van der Waals surface area contributed by atoms with Gasteiger partial charge in [-0.1, -0.05) is 118 Å². The molecule has 3 rings (SSSR count). The van der Waals surface area contributed by atoms with Crippen molar-refractivity contribution >= 4 is 29.5 Å². The van der Waals surface area contributed by atoms with Gasteiger partial charge in [-0.3, -0.25) is 19.2 Å². The lowest BCUT2D eigenvalue weighted by atomic mass is 9.74. The number of carbonyl (C=O) groups excluding carboxylic acids is 5. The Morgan fingerprint density at radius 1 is 0.918 bits per heavy atom. The number of carbonyl (C=O) groups is 5. The van der Waals surface area contributed by atoms with Crippen LogP contribution in [0, 0.1) is 11.3 Å². The van der Waals surface area contributed by atoms with E-state index in [1.807, 2.05) is 0 Å². The van der Waals surface area contributed by atoms with E-state index in [4.69, 9.17) is 5.73 Å². The quantitative estimate of drug-likeness (QED) is 0.215. The Hall–Kier alpha value is -3.57. The van der Waals surface area contributed by atoms with Crippen molar-refractivity contribution in [1.29, 1.82) is 0 Å². The molecule has 3 unspecified atom stereocenters. The first kappa shape index (κ1) is 43.5. The molecule has 1 aromatic carbocycles. The number of Topliss-reactive ketones (excluding diaryl/α,β-unsaturated/α-hetero) is 1. The zero-order chi connectivity index (χ0) is 37.6. The summed E-state index contributed by atoms with van der Waals surface area (Å²) >= 11 is 0. The first-order chi connectivity index (χ1) is 22.8. The minimum absolute atomic E-state index is 0.0764. The fourth-order valence-electron chi connectivity index (χ4n) is 5.69. The highest BCUT2D eigenvalue weighted by Gasteiger charge is 2.56. The number of hydrogen-bond donors (Lipinski definition) is 4. The van der Waals surface area contributed by atoms with Crippen LogP contribution in [0.5, 0.6) is 0 Å². The number of hydrogen-bond acceptors (Lipinski definition) is 5. The van der Waals surface area contributed by atoms with Gasteiger partial charge < -0.3 is 26.6 Å². The number of benzene rings is 1. The van der Waals surface area contributed by atoms with Crippen molar-refractivity contribution in [3.63, 3.8) is 0 Å². The Morgan fingerprint density at radius 3 is 1.92 bits per heavy atom. The average Bonchev–Trinajstić information content (AvgIpc) is 3.54. The number of amides is 5. The van der Waals surface area contributed by atoms with Gasteiger partial charge in [0.15, 0.2) is 0 Å². The van der Waals surface area contributed by atoms with Crippen LogP contribution in [-0.2, 0) is 25.1 Å². The van der Waals surface area contributed by atoms with Crippen molar-refractivity contribution in [2.24, 2.45) is 17.1 Å². The van der Waals surface area contributed by atoms with Crippen LogP contribution >= 0.6 is 0 Å². The van der Waals surface area contributed by atoms with Gasteiger partial charge in [0.25, 0.3) is 11.8 Å². The molecule has 1 saturated carbocycles. The molecule has 5 N–H and O–H groups in total. The summed E-state index contributed by atoms with van der Waals surface area (Å²) in [6, 6.07) is 3.24. The normalized spacial score (nSPS) is 18.4. The van der Waals surface area contributed by atoms with Crippen molar-refractivity contribution in [1.82, 2.24) is 20.9 Å². The summed E-state index contributed by atoms with van der Waals surface area (Å²) in [4.78, 5) is 64.5. The summed E-state index contributed by atoms with van der Waals surface area (Å²) < 4.78 is 31.9. The number of primary amides is 1. The van der Waals surface area contributed by atoms with Crippen molar-refractivity contribution in [2.75, 3.05) is 6.54 Å². The minimum Gasteiger partial charge on any atom is -0.363 e. The summed E-state index contributed by atoms with van der Waals surface area (Å²) in [6.07, 6.45) is 5.33. The first-order valence-electron chi connectivity index (χ1n) is 17.8. The third-order valence-corrected chi connectivity index (χ3v) is 8.84. The predicted octanol–water partition coefficient (Wildman–Crippen LogP) is 6.21. The van der Waals surface area contributed by atoms with Crippen LogP contribution < -0.4 is 21.7 Å². The molecule has 3 atom stereocenters. The van der Waals surface area contributed by atoms with Crippen LogP contribution in [0.15, 0.2) is 30.3 Å². The number of halogens is 2. The van der Waals surface area contributed by atoms with Gasteiger partial charge >= 0.3 is 6.03 Å². The van der Waals surface area contributed by atoms with Gasteiger partial charge in [-0.15, -0.1) is 0 Å². The Balaban J connectivity index is 0.00000135. The molecule has 5 amide bonds. The first-order valence-corrected chi connectivity index (χ1v) is 17.8. The van der Waals surface area contributed by atoms with Gasteiger partial charge in [0, 0.05) is 12.1 Å². The van der Waals surface area contributed by atoms with Gasteiger partial charge in [0.1, 0.15) is 17.6 Å². The third kappa shape index (κ3) is 12.4. The lowest BCUT2D eigenvalue weighted by molar-refractivity contribution is -0.143. The molecule has 0 spiro atoms. The number of nitrogens with two attached hydrogens (primary N) is 1. The number of ketones is 1. The molecule has 10 nitrogen and oxygen atoms in total. The number of alkyl halides is 2. The molecule has 1 heterocycles. The lowest BCUT2D eigenvalue weighted by Crippen LogP contribution is -2.65. The molecule has 278 valence electrons. The fourth-order valence-corrected chi connectivity index (χ4v) is 5.69. The zero-order valence-electron chi connectivity index (χ0n) is 31.1. The van der Waals surface area contributed by atoms with Gasteiger partial charge in [0.2, 0.25) is 17.6 Å². The third-order valence-electron chi connectivity index (χ3n) is 8.84. The maximum absolute atomic E-state index is 16.0. The Labute approximate surface area is 292 Å². The van der Waals surface area contributed by atoms with E-state index in [2.05, 4.69) is 50.6 Å². The lowest BCUT2D eigenvalue weighted by Gasteiger charge is -2.44. The Bertz CT molecular complexity index is 1230.